The molecule has 0 spiro atoms. The topological polar surface area (TPSA) is 24.7 Å². The lowest BCUT2D eigenvalue weighted by atomic mass is 10.0. The molecule has 0 aliphatic heterocycles. The van der Waals surface area contributed by atoms with E-state index in [1.54, 1.807) is 0 Å². The number of nitrogens with zero attached hydrogens (tertiary/aromatic N) is 2. The maximum Gasteiger partial charge on any atom is 0.0665 e. The molecular formula is C28H32N2. The van der Waals surface area contributed by atoms with Crippen molar-refractivity contribution in [2.75, 3.05) is 0 Å². The van der Waals surface area contributed by atoms with Gasteiger partial charge in [0.05, 0.1) is 22.8 Å². The summed E-state index contributed by atoms with van der Waals surface area (Å²) in [5.74, 6) is 0. The number of aliphatic imine (C=N–C) groups is 2. The fourth-order valence-corrected chi connectivity index (χ4v) is 3.65. The van der Waals surface area contributed by atoms with Gasteiger partial charge in [-0.1, -0.05) is 87.5 Å². The summed E-state index contributed by atoms with van der Waals surface area (Å²) in [6, 6.07) is 27.5. The molecule has 0 saturated heterocycles. The Labute approximate surface area is 181 Å². The molecule has 3 rings (SSSR count). The van der Waals surface area contributed by atoms with Crippen molar-refractivity contribution in [3.8, 4) is 0 Å². The molecule has 0 atom stereocenters. The first kappa shape index (κ1) is 21.7. The maximum atomic E-state index is 5.15. The summed E-state index contributed by atoms with van der Waals surface area (Å²) in [5.41, 5.74) is 8.18. The van der Waals surface area contributed by atoms with Crippen molar-refractivity contribution < 1.29 is 0 Å². The summed E-state index contributed by atoms with van der Waals surface area (Å²) < 4.78 is 0. The molecule has 0 aliphatic carbocycles. The van der Waals surface area contributed by atoms with Crippen LogP contribution in [-0.4, -0.2) is 11.4 Å². The molecule has 2 heteroatoms. The summed E-state index contributed by atoms with van der Waals surface area (Å²) in [6.45, 7) is 6.54. The minimum absolute atomic E-state index is 0.861. The van der Waals surface area contributed by atoms with Crippen LogP contribution < -0.4 is 0 Å². The van der Waals surface area contributed by atoms with Crippen LogP contribution in [0.1, 0.15) is 50.3 Å². The van der Waals surface area contributed by atoms with Crippen molar-refractivity contribution in [1.29, 1.82) is 0 Å². The van der Waals surface area contributed by atoms with E-state index in [1.165, 1.54) is 16.7 Å². The van der Waals surface area contributed by atoms with Gasteiger partial charge in [0.2, 0.25) is 0 Å². The van der Waals surface area contributed by atoms with E-state index in [0.717, 1.165) is 54.9 Å². The summed E-state index contributed by atoms with van der Waals surface area (Å²) >= 11 is 0. The van der Waals surface area contributed by atoms with Crippen molar-refractivity contribution in [2.24, 2.45) is 9.98 Å². The molecule has 0 fully saturated rings. The van der Waals surface area contributed by atoms with E-state index in [2.05, 4.69) is 99.6 Å². The molecule has 154 valence electrons. The fraction of sp³-hybridized carbons (Fsp3) is 0.286. The quantitative estimate of drug-likeness (QED) is 0.331. The second-order valence-electron chi connectivity index (χ2n) is 7.42. The van der Waals surface area contributed by atoms with Crippen LogP contribution in [0.2, 0.25) is 0 Å². The van der Waals surface area contributed by atoms with Crippen molar-refractivity contribution in [3.63, 3.8) is 0 Å². The van der Waals surface area contributed by atoms with Gasteiger partial charge < -0.3 is 0 Å². The van der Waals surface area contributed by atoms with Crippen LogP contribution in [0.15, 0.2) is 88.8 Å². The van der Waals surface area contributed by atoms with E-state index in [4.69, 9.17) is 9.98 Å². The normalized spacial score (nSPS) is 12.2. The Morgan fingerprint density at radius 1 is 0.600 bits per heavy atom. The first-order valence-corrected chi connectivity index (χ1v) is 11.1. The van der Waals surface area contributed by atoms with Gasteiger partial charge >= 0.3 is 0 Å². The number of rotatable bonds is 9. The Bertz CT molecular complexity index is 1000. The minimum atomic E-state index is 0.861. The average Bonchev–Trinajstić information content (AvgIpc) is 2.81. The highest BCUT2D eigenvalue weighted by Crippen LogP contribution is 2.24. The lowest BCUT2D eigenvalue weighted by molar-refractivity contribution is 1.04. The van der Waals surface area contributed by atoms with Crippen molar-refractivity contribution >= 4 is 22.8 Å². The molecule has 0 amide bonds. The van der Waals surface area contributed by atoms with Gasteiger partial charge in [0.25, 0.3) is 0 Å². The average molecular weight is 397 g/mol. The SMILES string of the molecule is CCC(=Nc1ccccc1CC)C(CCc1ccccc1)=Nc1ccccc1CC. The highest BCUT2D eigenvalue weighted by atomic mass is 14.8. The lowest BCUT2D eigenvalue weighted by Crippen LogP contribution is -2.14. The van der Waals surface area contributed by atoms with Gasteiger partial charge in [0, 0.05) is 0 Å². The zero-order chi connectivity index (χ0) is 21.2. The standard InChI is InChI=1S/C28H32N2/c1-4-23-16-10-12-18-26(23)29-25(6-3)28(21-20-22-14-8-7-9-15-22)30-27-19-13-11-17-24(27)5-2/h7-19H,4-6,20-21H2,1-3H3. The second-order valence-corrected chi connectivity index (χ2v) is 7.42. The van der Waals surface area contributed by atoms with Crippen molar-refractivity contribution in [2.45, 2.75) is 52.9 Å². The third-order valence-electron chi connectivity index (χ3n) is 5.42. The lowest BCUT2D eigenvalue weighted by Gasteiger charge is -2.12. The molecule has 3 aromatic rings. The number of para-hydroxylation sites is 2. The van der Waals surface area contributed by atoms with E-state index in [1.807, 2.05) is 0 Å². The van der Waals surface area contributed by atoms with Crippen LogP contribution >= 0.6 is 0 Å². The van der Waals surface area contributed by atoms with Gasteiger partial charge in [0.15, 0.2) is 0 Å². The van der Waals surface area contributed by atoms with E-state index in [9.17, 15) is 0 Å². The molecule has 0 heterocycles. The van der Waals surface area contributed by atoms with Crippen molar-refractivity contribution in [3.05, 3.63) is 95.6 Å². The Kier molecular flexibility index (Phi) is 8.14. The predicted octanol–water partition coefficient (Wildman–Crippen LogP) is 7.70. The molecule has 0 aliphatic rings. The van der Waals surface area contributed by atoms with Gasteiger partial charge in [-0.3, -0.25) is 9.98 Å². The van der Waals surface area contributed by atoms with Crippen LogP contribution in [0, 0.1) is 0 Å². The van der Waals surface area contributed by atoms with Crippen LogP contribution in [0.4, 0.5) is 11.4 Å². The molecule has 0 N–H and O–H groups in total. The van der Waals surface area contributed by atoms with Crippen molar-refractivity contribution in [1.82, 2.24) is 0 Å². The summed E-state index contributed by atoms with van der Waals surface area (Å²) in [4.78, 5) is 10.3. The first-order chi connectivity index (χ1) is 14.7. The van der Waals surface area contributed by atoms with Crippen LogP contribution in [0.3, 0.4) is 0 Å². The summed E-state index contributed by atoms with van der Waals surface area (Å²) in [6.07, 6.45) is 4.65. The Morgan fingerprint density at radius 2 is 1.10 bits per heavy atom. The number of aryl methyl sites for hydroxylation is 3. The molecule has 0 radical (unpaired) electrons. The Balaban J connectivity index is 2.02. The maximum absolute atomic E-state index is 5.15. The van der Waals surface area contributed by atoms with Crippen LogP contribution in [-0.2, 0) is 19.3 Å². The fourth-order valence-electron chi connectivity index (χ4n) is 3.65. The Morgan fingerprint density at radius 3 is 1.63 bits per heavy atom. The van der Waals surface area contributed by atoms with Crippen LogP contribution in [0.25, 0.3) is 0 Å². The Hall–Kier alpha value is -3.00. The van der Waals surface area contributed by atoms with Gasteiger partial charge in [0.1, 0.15) is 0 Å². The zero-order valence-corrected chi connectivity index (χ0v) is 18.4. The minimum Gasteiger partial charge on any atom is -0.251 e. The van der Waals surface area contributed by atoms with E-state index >= 15 is 0 Å². The largest absolute Gasteiger partial charge is 0.251 e. The van der Waals surface area contributed by atoms with Gasteiger partial charge in [-0.15, -0.1) is 0 Å². The van der Waals surface area contributed by atoms with Gasteiger partial charge in [-0.05, 0) is 60.9 Å². The molecule has 3 aromatic carbocycles. The monoisotopic (exact) mass is 396 g/mol. The smallest absolute Gasteiger partial charge is 0.0665 e. The number of benzene rings is 3. The molecule has 0 unspecified atom stereocenters. The zero-order valence-electron chi connectivity index (χ0n) is 18.4. The summed E-state index contributed by atoms with van der Waals surface area (Å²) in [7, 11) is 0. The highest BCUT2D eigenvalue weighted by Gasteiger charge is 2.11. The highest BCUT2D eigenvalue weighted by molar-refractivity contribution is 6.43. The molecular weight excluding hydrogens is 364 g/mol. The van der Waals surface area contributed by atoms with Gasteiger partial charge in [-0.25, -0.2) is 0 Å². The molecule has 0 bridgehead atoms. The van der Waals surface area contributed by atoms with Crippen LogP contribution in [0.5, 0.6) is 0 Å². The number of hydrogen-bond donors (Lipinski definition) is 0. The number of hydrogen-bond acceptors (Lipinski definition) is 2. The molecule has 2 nitrogen and oxygen atoms in total. The molecule has 0 aromatic heterocycles. The van der Waals surface area contributed by atoms with E-state index in [0.29, 0.717) is 0 Å². The van der Waals surface area contributed by atoms with E-state index in [-0.39, 0.29) is 0 Å². The molecule has 0 saturated carbocycles. The third kappa shape index (κ3) is 5.76. The predicted molar refractivity (Wildman–Crippen MR) is 131 cm³/mol. The second kappa shape index (κ2) is 11.3. The van der Waals surface area contributed by atoms with E-state index < -0.39 is 0 Å². The summed E-state index contributed by atoms with van der Waals surface area (Å²) in [5, 5.41) is 0. The third-order valence-corrected chi connectivity index (χ3v) is 5.42. The molecule has 30 heavy (non-hydrogen) atoms. The first-order valence-electron chi connectivity index (χ1n) is 11.1. The van der Waals surface area contributed by atoms with Gasteiger partial charge in [-0.2, -0.15) is 0 Å².